The number of ether oxygens (including phenoxy) is 1. The highest BCUT2D eigenvalue weighted by Crippen LogP contribution is 2.31. The molecule has 0 radical (unpaired) electrons. The molecule has 1 aromatic rings. The SMILES string of the molecule is CCCNc1ccc([N+](=O)[O-])c(N(C)C2CCOC2C)n1. The average molecular weight is 294 g/mol. The van der Waals surface area contributed by atoms with Gasteiger partial charge in [-0.1, -0.05) is 6.92 Å². The zero-order valence-corrected chi connectivity index (χ0v) is 12.7. The predicted molar refractivity (Wildman–Crippen MR) is 81.9 cm³/mol. The molecule has 1 fully saturated rings. The minimum atomic E-state index is -0.386. The second-order valence-corrected chi connectivity index (χ2v) is 5.27. The summed E-state index contributed by atoms with van der Waals surface area (Å²) in [5, 5.41) is 14.4. The summed E-state index contributed by atoms with van der Waals surface area (Å²) in [6.07, 6.45) is 1.86. The molecule has 7 nitrogen and oxygen atoms in total. The molecule has 0 saturated carbocycles. The van der Waals surface area contributed by atoms with Gasteiger partial charge in [0.15, 0.2) is 0 Å². The van der Waals surface area contributed by atoms with Crippen molar-refractivity contribution in [2.45, 2.75) is 38.8 Å². The van der Waals surface area contributed by atoms with Crippen LogP contribution in [0.3, 0.4) is 0 Å². The minimum absolute atomic E-state index is 0.0265. The zero-order valence-electron chi connectivity index (χ0n) is 12.7. The van der Waals surface area contributed by atoms with E-state index in [9.17, 15) is 10.1 Å². The first kappa shape index (κ1) is 15.5. The van der Waals surface area contributed by atoms with Crippen LogP contribution in [0.25, 0.3) is 0 Å². The maximum absolute atomic E-state index is 11.2. The second-order valence-electron chi connectivity index (χ2n) is 5.27. The Morgan fingerprint density at radius 2 is 2.33 bits per heavy atom. The van der Waals surface area contributed by atoms with Crippen molar-refractivity contribution in [1.82, 2.24) is 4.98 Å². The summed E-state index contributed by atoms with van der Waals surface area (Å²) in [6.45, 7) is 5.51. The van der Waals surface area contributed by atoms with Crippen LogP contribution in [0.1, 0.15) is 26.7 Å². The third-order valence-corrected chi connectivity index (χ3v) is 3.78. The number of hydrogen-bond donors (Lipinski definition) is 1. The molecule has 1 N–H and O–H groups in total. The van der Waals surface area contributed by atoms with Gasteiger partial charge in [0.25, 0.3) is 0 Å². The monoisotopic (exact) mass is 294 g/mol. The zero-order chi connectivity index (χ0) is 15.4. The second kappa shape index (κ2) is 6.71. The van der Waals surface area contributed by atoms with Gasteiger partial charge >= 0.3 is 5.69 Å². The number of nitrogens with one attached hydrogen (secondary N) is 1. The Bertz CT molecular complexity index is 509. The van der Waals surface area contributed by atoms with Crippen LogP contribution in [0.4, 0.5) is 17.3 Å². The molecule has 1 aliphatic rings. The van der Waals surface area contributed by atoms with E-state index in [1.165, 1.54) is 6.07 Å². The van der Waals surface area contributed by atoms with Gasteiger partial charge in [-0.15, -0.1) is 0 Å². The molecule has 2 heterocycles. The Hall–Kier alpha value is -1.89. The molecule has 116 valence electrons. The third kappa shape index (κ3) is 3.41. The van der Waals surface area contributed by atoms with Gasteiger partial charge in [0, 0.05) is 26.3 Å². The molecular formula is C14H22N4O3. The van der Waals surface area contributed by atoms with Gasteiger partial charge in [0.1, 0.15) is 5.82 Å². The van der Waals surface area contributed by atoms with Crippen molar-refractivity contribution in [2.75, 3.05) is 30.4 Å². The molecule has 1 aromatic heterocycles. The van der Waals surface area contributed by atoms with Crippen molar-refractivity contribution in [1.29, 1.82) is 0 Å². The van der Waals surface area contributed by atoms with Gasteiger partial charge in [-0.3, -0.25) is 10.1 Å². The molecule has 0 spiro atoms. The minimum Gasteiger partial charge on any atom is -0.376 e. The molecule has 1 saturated heterocycles. The Labute approximate surface area is 124 Å². The molecule has 0 aliphatic carbocycles. The highest BCUT2D eigenvalue weighted by atomic mass is 16.6. The first-order valence-corrected chi connectivity index (χ1v) is 7.28. The molecular weight excluding hydrogens is 272 g/mol. The highest BCUT2D eigenvalue weighted by molar-refractivity contribution is 5.62. The third-order valence-electron chi connectivity index (χ3n) is 3.78. The normalized spacial score (nSPS) is 21.3. The van der Waals surface area contributed by atoms with E-state index in [-0.39, 0.29) is 22.8 Å². The van der Waals surface area contributed by atoms with Crippen molar-refractivity contribution >= 4 is 17.3 Å². The quantitative estimate of drug-likeness (QED) is 0.641. The molecule has 21 heavy (non-hydrogen) atoms. The number of nitrogens with zero attached hydrogens (tertiary/aromatic N) is 3. The number of rotatable bonds is 6. The molecule has 7 heteroatoms. The smallest absolute Gasteiger partial charge is 0.311 e. The molecule has 2 unspecified atom stereocenters. The van der Waals surface area contributed by atoms with Crippen LogP contribution >= 0.6 is 0 Å². The fourth-order valence-corrected chi connectivity index (χ4v) is 2.58. The van der Waals surface area contributed by atoms with E-state index in [2.05, 4.69) is 17.2 Å². The summed E-state index contributed by atoms with van der Waals surface area (Å²) in [7, 11) is 1.84. The topological polar surface area (TPSA) is 80.5 Å². The van der Waals surface area contributed by atoms with Gasteiger partial charge in [-0.05, 0) is 25.8 Å². The fourth-order valence-electron chi connectivity index (χ4n) is 2.58. The summed E-state index contributed by atoms with van der Waals surface area (Å²) in [5.41, 5.74) is 0.0265. The number of likely N-dealkylation sites (N-methyl/N-ethyl adjacent to an activating group) is 1. The van der Waals surface area contributed by atoms with Crippen LogP contribution < -0.4 is 10.2 Å². The van der Waals surface area contributed by atoms with Crippen molar-refractivity contribution < 1.29 is 9.66 Å². The lowest BCUT2D eigenvalue weighted by molar-refractivity contribution is -0.384. The van der Waals surface area contributed by atoms with Crippen molar-refractivity contribution in [2.24, 2.45) is 0 Å². The van der Waals surface area contributed by atoms with Gasteiger partial charge in [0.05, 0.1) is 17.1 Å². The number of pyridine rings is 1. The molecule has 0 amide bonds. The van der Waals surface area contributed by atoms with E-state index in [1.807, 2.05) is 18.9 Å². The van der Waals surface area contributed by atoms with E-state index in [1.54, 1.807) is 6.07 Å². The first-order chi connectivity index (χ1) is 10.0. The van der Waals surface area contributed by atoms with E-state index < -0.39 is 0 Å². The largest absolute Gasteiger partial charge is 0.376 e. The average Bonchev–Trinajstić information content (AvgIpc) is 2.90. The van der Waals surface area contributed by atoms with Crippen molar-refractivity contribution in [3.63, 3.8) is 0 Å². The summed E-state index contributed by atoms with van der Waals surface area (Å²) >= 11 is 0. The van der Waals surface area contributed by atoms with Crippen LogP contribution in [0.5, 0.6) is 0 Å². The molecule has 0 aromatic carbocycles. The maximum Gasteiger partial charge on any atom is 0.311 e. The summed E-state index contributed by atoms with van der Waals surface area (Å²) < 4.78 is 5.55. The maximum atomic E-state index is 11.2. The van der Waals surface area contributed by atoms with Crippen molar-refractivity contribution in [3.8, 4) is 0 Å². The Morgan fingerprint density at radius 3 is 2.90 bits per heavy atom. The summed E-state index contributed by atoms with van der Waals surface area (Å²) in [5.74, 6) is 1.05. The van der Waals surface area contributed by atoms with Gasteiger partial charge in [-0.25, -0.2) is 4.98 Å². The molecule has 0 bridgehead atoms. The van der Waals surface area contributed by atoms with Gasteiger partial charge in [0.2, 0.25) is 5.82 Å². The number of hydrogen-bond acceptors (Lipinski definition) is 6. The van der Waals surface area contributed by atoms with E-state index in [0.29, 0.717) is 18.2 Å². The lowest BCUT2D eigenvalue weighted by Gasteiger charge is -2.27. The van der Waals surface area contributed by atoms with Crippen LogP contribution in [0, 0.1) is 10.1 Å². The fraction of sp³-hybridized carbons (Fsp3) is 0.643. The molecule has 2 atom stereocenters. The molecule has 1 aliphatic heterocycles. The van der Waals surface area contributed by atoms with Crippen LogP contribution in [-0.2, 0) is 4.74 Å². The van der Waals surface area contributed by atoms with E-state index in [0.717, 1.165) is 19.4 Å². The lowest BCUT2D eigenvalue weighted by atomic mass is 10.1. The van der Waals surface area contributed by atoms with Gasteiger partial charge in [-0.2, -0.15) is 0 Å². The first-order valence-electron chi connectivity index (χ1n) is 7.28. The van der Waals surface area contributed by atoms with Crippen molar-refractivity contribution in [3.05, 3.63) is 22.2 Å². The number of nitro groups is 1. The predicted octanol–water partition coefficient (Wildman–Crippen LogP) is 2.43. The standard InChI is InChI=1S/C14H22N4O3/c1-4-8-15-13-6-5-12(18(19)20)14(16-13)17(3)11-7-9-21-10(11)2/h5-6,10-11H,4,7-9H2,1-3H3,(H,15,16). The van der Waals surface area contributed by atoms with Crippen LogP contribution in [0.2, 0.25) is 0 Å². The van der Waals surface area contributed by atoms with Crippen LogP contribution in [-0.4, -0.2) is 42.3 Å². The Kier molecular flexibility index (Phi) is 4.95. The summed E-state index contributed by atoms with van der Waals surface area (Å²) in [4.78, 5) is 17.1. The number of anilines is 2. The van der Waals surface area contributed by atoms with Crippen LogP contribution in [0.15, 0.2) is 12.1 Å². The highest BCUT2D eigenvalue weighted by Gasteiger charge is 2.32. The number of aromatic nitrogens is 1. The Morgan fingerprint density at radius 1 is 1.57 bits per heavy atom. The van der Waals surface area contributed by atoms with E-state index in [4.69, 9.17) is 4.74 Å². The summed E-state index contributed by atoms with van der Waals surface area (Å²) in [6, 6.07) is 3.27. The molecule has 2 rings (SSSR count). The lowest BCUT2D eigenvalue weighted by Crippen LogP contribution is -2.37. The van der Waals surface area contributed by atoms with Gasteiger partial charge < -0.3 is 15.0 Å². The van der Waals surface area contributed by atoms with E-state index >= 15 is 0 Å². The Balaban J connectivity index is 2.31.